The standard InChI is InChI=1S/C10H12F3NO3S/c1-7-4-8(11)2-3-9(7)18(16,17)14-5-10(12,13)6-15/h2-4,14-15H,5-6H2,1H3. The van der Waals surface area contributed by atoms with Crippen LogP contribution in [0.3, 0.4) is 0 Å². The van der Waals surface area contributed by atoms with Gasteiger partial charge in [-0.05, 0) is 30.7 Å². The van der Waals surface area contributed by atoms with E-state index in [1.165, 1.54) is 6.92 Å². The normalized spacial score (nSPS) is 12.7. The first-order valence-electron chi connectivity index (χ1n) is 4.92. The molecule has 1 aromatic rings. The number of sulfonamides is 1. The van der Waals surface area contributed by atoms with Crippen molar-refractivity contribution in [2.75, 3.05) is 13.2 Å². The van der Waals surface area contributed by atoms with Crippen LogP contribution in [0.1, 0.15) is 5.56 Å². The van der Waals surface area contributed by atoms with Crippen molar-refractivity contribution in [2.45, 2.75) is 17.7 Å². The van der Waals surface area contributed by atoms with E-state index >= 15 is 0 Å². The molecule has 102 valence electrons. The molecule has 1 rings (SSSR count). The van der Waals surface area contributed by atoms with Crippen LogP contribution in [0.2, 0.25) is 0 Å². The Balaban J connectivity index is 2.94. The van der Waals surface area contributed by atoms with E-state index in [1.54, 1.807) is 4.72 Å². The molecule has 0 bridgehead atoms. The van der Waals surface area contributed by atoms with Gasteiger partial charge in [0.25, 0.3) is 5.92 Å². The molecule has 0 unspecified atom stereocenters. The van der Waals surface area contributed by atoms with Crippen LogP contribution in [-0.4, -0.2) is 32.6 Å². The summed E-state index contributed by atoms with van der Waals surface area (Å²) >= 11 is 0. The summed E-state index contributed by atoms with van der Waals surface area (Å²) in [6.07, 6.45) is 0. The monoisotopic (exact) mass is 283 g/mol. The van der Waals surface area contributed by atoms with Crippen molar-refractivity contribution in [3.8, 4) is 0 Å². The molecule has 0 saturated carbocycles. The largest absolute Gasteiger partial charge is 0.390 e. The molecular formula is C10H12F3NO3S. The zero-order valence-electron chi connectivity index (χ0n) is 9.45. The molecule has 0 amide bonds. The highest BCUT2D eigenvalue weighted by molar-refractivity contribution is 7.89. The molecule has 4 nitrogen and oxygen atoms in total. The SMILES string of the molecule is Cc1cc(F)ccc1S(=O)(=O)NCC(F)(F)CO. The van der Waals surface area contributed by atoms with E-state index in [0.717, 1.165) is 18.2 Å². The van der Waals surface area contributed by atoms with Gasteiger partial charge in [0.2, 0.25) is 10.0 Å². The number of rotatable bonds is 5. The van der Waals surface area contributed by atoms with Crippen LogP contribution in [0.5, 0.6) is 0 Å². The van der Waals surface area contributed by atoms with Gasteiger partial charge in [-0.3, -0.25) is 0 Å². The Morgan fingerprint density at radius 2 is 2.00 bits per heavy atom. The van der Waals surface area contributed by atoms with Crippen molar-refractivity contribution in [1.82, 2.24) is 4.72 Å². The molecule has 1 aromatic carbocycles. The lowest BCUT2D eigenvalue weighted by Gasteiger charge is -2.15. The first-order chi connectivity index (χ1) is 8.18. The summed E-state index contributed by atoms with van der Waals surface area (Å²) in [6, 6.07) is 2.90. The van der Waals surface area contributed by atoms with Gasteiger partial charge in [0.05, 0.1) is 11.4 Å². The van der Waals surface area contributed by atoms with Gasteiger partial charge in [-0.25, -0.2) is 26.3 Å². The molecule has 0 aliphatic heterocycles. The number of nitrogens with one attached hydrogen (secondary N) is 1. The highest BCUT2D eigenvalue weighted by Gasteiger charge is 2.30. The highest BCUT2D eigenvalue weighted by Crippen LogP contribution is 2.17. The molecule has 0 fully saturated rings. The molecule has 0 spiro atoms. The summed E-state index contributed by atoms with van der Waals surface area (Å²) in [5.74, 6) is -4.16. The zero-order valence-corrected chi connectivity index (χ0v) is 10.3. The minimum Gasteiger partial charge on any atom is -0.390 e. The molecule has 0 radical (unpaired) electrons. The molecule has 8 heteroatoms. The first-order valence-corrected chi connectivity index (χ1v) is 6.41. The predicted octanol–water partition coefficient (Wildman–Crippen LogP) is 1.04. The van der Waals surface area contributed by atoms with Crippen LogP contribution in [0.25, 0.3) is 0 Å². The van der Waals surface area contributed by atoms with Gasteiger partial charge in [-0.1, -0.05) is 0 Å². The molecule has 0 heterocycles. The van der Waals surface area contributed by atoms with Crippen LogP contribution in [-0.2, 0) is 10.0 Å². The maximum Gasteiger partial charge on any atom is 0.283 e. The Kier molecular flexibility index (Phi) is 4.36. The minimum atomic E-state index is -4.16. The molecular weight excluding hydrogens is 271 g/mol. The van der Waals surface area contributed by atoms with Crippen molar-refractivity contribution in [3.63, 3.8) is 0 Å². The second-order valence-corrected chi connectivity index (χ2v) is 5.48. The number of halogens is 3. The number of hydrogen-bond donors (Lipinski definition) is 2. The van der Waals surface area contributed by atoms with Gasteiger partial charge in [0, 0.05) is 0 Å². The van der Waals surface area contributed by atoms with Crippen molar-refractivity contribution in [3.05, 3.63) is 29.6 Å². The molecule has 0 atom stereocenters. The van der Waals surface area contributed by atoms with Crippen molar-refractivity contribution in [2.24, 2.45) is 0 Å². The van der Waals surface area contributed by atoms with Crippen LogP contribution in [0.4, 0.5) is 13.2 Å². The van der Waals surface area contributed by atoms with Gasteiger partial charge >= 0.3 is 0 Å². The molecule has 0 aliphatic carbocycles. The summed E-state index contributed by atoms with van der Waals surface area (Å²) in [4.78, 5) is -0.280. The van der Waals surface area contributed by atoms with Gasteiger partial charge in [-0.2, -0.15) is 0 Å². The second-order valence-electron chi connectivity index (χ2n) is 3.75. The highest BCUT2D eigenvalue weighted by atomic mass is 32.2. The Hall–Kier alpha value is -1.12. The van der Waals surface area contributed by atoms with E-state index in [1.807, 2.05) is 0 Å². The molecule has 18 heavy (non-hydrogen) atoms. The Bertz CT molecular complexity index is 531. The zero-order chi connectivity index (χ0) is 14.0. The number of hydrogen-bond acceptors (Lipinski definition) is 3. The second kappa shape index (κ2) is 5.25. The number of aliphatic hydroxyl groups excluding tert-OH is 1. The van der Waals surface area contributed by atoms with Crippen LogP contribution < -0.4 is 4.72 Å². The Labute approximate surface area is 102 Å². The summed E-state index contributed by atoms with van der Waals surface area (Å²) in [5, 5.41) is 8.32. The topological polar surface area (TPSA) is 66.4 Å². The lowest BCUT2D eigenvalue weighted by molar-refractivity contribution is -0.0437. The fourth-order valence-electron chi connectivity index (χ4n) is 1.25. The molecule has 0 aromatic heterocycles. The van der Waals surface area contributed by atoms with E-state index in [0.29, 0.717) is 0 Å². The average molecular weight is 283 g/mol. The number of aliphatic hydroxyl groups is 1. The Morgan fingerprint density at radius 1 is 1.39 bits per heavy atom. The number of benzene rings is 1. The van der Waals surface area contributed by atoms with Gasteiger partial charge in [0.1, 0.15) is 12.4 Å². The fraction of sp³-hybridized carbons (Fsp3) is 0.400. The lowest BCUT2D eigenvalue weighted by Crippen LogP contribution is -2.39. The maximum absolute atomic E-state index is 12.8. The van der Waals surface area contributed by atoms with E-state index in [-0.39, 0.29) is 10.5 Å². The van der Waals surface area contributed by atoms with Gasteiger partial charge in [0.15, 0.2) is 0 Å². The van der Waals surface area contributed by atoms with E-state index in [2.05, 4.69) is 0 Å². The van der Waals surface area contributed by atoms with Crippen molar-refractivity contribution < 1.29 is 26.7 Å². The van der Waals surface area contributed by atoms with Crippen LogP contribution >= 0.6 is 0 Å². The molecule has 0 aliphatic rings. The third-order valence-electron chi connectivity index (χ3n) is 2.18. The lowest BCUT2D eigenvalue weighted by atomic mass is 10.2. The fourth-order valence-corrected chi connectivity index (χ4v) is 2.54. The van der Waals surface area contributed by atoms with Crippen LogP contribution in [0.15, 0.2) is 23.1 Å². The maximum atomic E-state index is 12.8. The van der Waals surface area contributed by atoms with Gasteiger partial charge < -0.3 is 5.11 Å². The summed E-state index contributed by atoms with van der Waals surface area (Å²) in [5.41, 5.74) is 0.106. The first kappa shape index (κ1) is 14.9. The molecule has 0 saturated heterocycles. The number of aryl methyl sites for hydroxylation is 1. The third kappa shape index (κ3) is 3.69. The third-order valence-corrected chi connectivity index (χ3v) is 3.74. The predicted molar refractivity (Wildman–Crippen MR) is 58.4 cm³/mol. The van der Waals surface area contributed by atoms with Crippen LogP contribution in [0, 0.1) is 12.7 Å². The van der Waals surface area contributed by atoms with Crippen molar-refractivity contribution in [1.29, 1.82) is 0 Å². The quantitative estimate of drug-likeness (QED) is 0.848. The summed E-state index contributed by atoms with van der Waals surface area (Å²) < 4.78 is 63.3. The van der Waals surface area contributed by atoms with E-state index < -0.39 is 34.9 Å². The van der Waals surface area contributed by atoms with Crippen molar-refractivity contribution >= 4 is 10.0 Å². The summed E-state index contributed by atoms with van der Waals surface area (Å²) in [7, 11) is -4.16. The number of alkyl halides is 2. The van der Waals surface area contributed by atoms with Gasteiger partial charge in [-0.15, -0.1) is 0 Å². The van der Waals surface area contributed by atoms with E-state index in [9.17, 15) is 21.6 Å². The average Bonchev–Trinajstić information content (AvgIpc) is 2.26. The smallest absolute Gasteiger partial charge is 0.283 e. The molecule has 2 N–H and O–H groups in total. The Morgan fingerprint density at radius 3 is 2.50 bits per heavy atom. The summed E-state index contributed by atoms with van der Waals surface area (Å²) in [6.45, 7) is -1.33. The minimum absolute atomic E-state index is 0.106. The van der Waals surface area contributed by atoms with E-state index in [4.69, 9.17) is 5.11 Å².